The summed E-state index contributed by atoms with van der Waals surface area (Å²) in [6.45, 7) is 0.452. The molecule has 2 aromatic rings. The minimum absolute atomic E-state index is 0.0877. The molecule has 0 bridgehead atoms. The number of nitrogens with one attached hydrogen (secondary N) is 1. The fourth-order valence-corrected chi connectivity index (χ4v) is 1.80. The Balaban J connectivity index is 2.03. The molecule has 0 spiro atoms. The van der Waals surface area contributed by atoms with E-state index in [1.165, 1.54) is 0 Å². The Morgan fingerprint density at radius 3 is 2.47 bits per heavy atom. The van der Waals surface area contributed by atoms with E-state index < -0.39 is 0 Å². The molecule has 2 aromatic carbocycles. The Morgan fingerprint density at radius 1 is 1.05 bits per heavy atom. The van der Waals surface area contributed by atoms with Crippen molar-refractivity contribution in [1.82, 2.24) is 5.43 Å². The van der Waals surface area contributed by atoms with Crippen molar-refractivity contribution in [3.63, 3.8) is 0 Å². The largest absolute Gasteiger partial charge is 0.497 e. The summed E-state index contributed by atoms with van der Waals surface area (Å²) < 4.78 is 10.9. The maximum Gasteiger partial charge on any atom is 0.119 e. The monoisotopic (exact) mass is 258 g/mol. The number of hydrazine groups is 1. The summed E-state index contributed by atoms with van der Waals surface area (Å²) >= 11 is 0. The number of para-hydroxylation sites is 1. The van der Waals surface area contributed by atoms with Gasteiger partial charge >= 0.3 is 0 Å². The lowest BCUT2D eigenvalue weighted by atomic mass is 10.1. The van der Waals surface area contributed by atoms with Crippen LogP contribution >= 0.6 is 0 Å². The number of methoxy groups -OCH3 is 1. The van der Waals surface area contributed by atoms with E-state index in [1.807, 2.05) is 54.6 Å². The normalized spacial score (nSPS) is 11.9. The van der Waals surface area contributed by atoms with Gasteiger partial charge in [0.15, 0.2) is 0 Å². The Morgan fingerprint density at radius 2 is 1.79 bits per heavy atom. The highest BCUT2D eigenvalue weighted by atomic mass is 16.5. The number of nitrogens with two attached hydrogens (primary N) is 1. The molecule has 1 unspecified atom stereocenters. The highest BCUT2D eigenvalue weighted by Crippen LogP contribution is 2.20. The van der Waals surface area contributed by atoms with Crippen molar-refractivity contribution < 1.29 is 9.47 Å². The maximum atomic E-state index is 5.70. The van der Waals surface area contributed by atoms with E-state index in [-0.39, 0.29) is 6.04 Å². The molecule has 19 heavy (non-hydrogen) atoms. The van der Waals surface area contributed by atoms with Gasteiger partial charge in [0.2, 0.25) is 0 Å². The average Bonchev–Trinajstić information content (AvgIpc) is 2.49. The number of benzene rings is 2. The second kappa shape index (κ2) is 6.78. The van der Waals surface area contributed by atoms with Crippen LogP contribution in [0.3, 0.4) is 0 Å². The van der Waals surface area contributed by atoms with Crippen molar-refractivity contribution in [2.45, 2.75) is 6.04 Å². The van der Waals surface area contributed by atoms with E-state index >= 15 is 0 Å². The van der Waals surface area contributed by atoms with E-state index in [4.69, 9.17) is 15.3 Å². The molecule has 0 aliphatic heterocycles. The zero-order valence-electron chi connectivity index (χ0n) is 10.9. The zero-order chi connectivity index (χ0) is 13.5. The lowest BCUT2D eigenvalue weighted by Crippen LogP contribution is -2.32. The van der Waals surface area contributed by atoms with Crippen molar-refractivity contribution >= 4 is 0 Å². The van der Waals surface area contributed by atoms with Gasteiger partial charge in [0.1, 0.15) is 18.1 Å². The summed E-state index contributed by atoms with van der Waals surface area (Å²) in [6.07, 6.45) is 0. The second-order valence-electron chi connectivity index (χ2n) is 4.12. The quantitative estimate of drug-likeness (QED) is 0.616. The topological polar surface area (TPSA) is 56.5 Å². The first-order valence-corrected chi connectivity index (χ1v) is 6.11. The van der Waals surface area contributed by atoms with Crippen LogP contribution in [-0.2, 0) is 0 Å². The molecule has 0 aromatic heterocycles. The van der Waals surface area contributed by atoms with Crippen LogP contribution in [0.25, 0.3) is 0 Å². The summed E-state index contributed by atoms with van der Waals surface area (Å²) in [5.41, 5.74) is 3.79. The van der Waals surface area contributed by atoms with Gasteiger partial charge in [0.05, 0.1) is 13.2 Å². The molecule has 0 amide bonds. The van der Waals surface area contributed by atoms with Gasteiger partial charge in [-0.1, -0.05) is 30.3 Å². The Bertz CT molecular complexity index is 503. The maximum absolute atomic E-state index is 5.70. The van der Waals surface area contributed by atoms with Gasteiger partial charge in [0.25, 0.3) is 0 Å². The molecule has 3 N–H and O–H groups in total. The van der Waals surface area contributed by atoms with Crippen molar-refractivity contribution in [3.8, 4) is 11.5 Å². The molecule has 100 valence electrons. The summed E-state index contributed by atoms with van der Waals surface area (Å²) in [6, 6.07) is 17.3. The molecule has 2 rings (SSSR count). The van der Waals surface area contributed by atoms with Crippen LogP contribution in [0, 0.1) is 0 Å². The van der Waals surface area contributed by atoms with E-state index in [2.05, 4.69) is 5.43 Å². The van der Waals surface area contributed by atoms with Gasteiger partial charge in [-0.2, -0.15) is 0 Å². The standard InChI is InChI=1S/C15H18N2O2/c1-18-14-9-5-6-12(10-14)15(17-16)11-19-13-7-3-2-4-8-13/h2-10,15,17H,11,16H2,1H3. The number of hydrogen-bond acceptors (Lipinski definition) is 4. The van der Waals surface area contributed by atoms with E-state index in [9.17, 15) is 0 Å². The smallest absolute Gasteiger partial charge is 0.119 e. The Hall–Kier alpha value is -2.04. The van der Waals surface area contributed by atoms with E-state index in [1.54, 1.807) is 7.11 Å². The van der Waals surface area contributed by atoms with Gasteiger partial charge in [-0.25, -0.2) is 5.43 Å². The van der Waals surface area contributed by atoms with Crippen LogP contribution < -0.4 is 20.7 Å². The third-order valence-electron chi connectivity index (χ3n) is 2.86. The minimum Gasteiger partial charge on any atom is -0.497 e. The highest BCUT2D eigenvalue weighted by molar-refractivity contribution is 5.30. The number of rotatable bonds is 6. The second-order valence-corrected chi connectivity index (χ2v) is 4.12. The van der Waals surface area contributed by atoms with Gasteiger partial charge in [0, 0.05) is 0 Å². The van der Waals surface area contributed by atoms with Crippen molar-refractivity contribution in [2.24, 2.45) is 5.84 Å². The van der Waals surface area contributed by atoms with E-state index in [0.717, 1.165) is 17.1 Å². The first-order valence-electron chi connectivity index (χ1n) is 6.11. The Kier molecular flexibility index (Phi) is 4.78. The van der Waals surface area contributed by atoms with Crippen molar-refractivity contribution in [3.05, 3.63) is 60.2 Å². The fourth-order valence-electron chi connectivity index (χ4n) is 1.80. The molecule has 4 nitrogen and oxygen atoms in total. The summed E-state index contributed by atoms with van der Waals surface area (Å²) in [5, 5.41) is 0. The number of ether oxygens (including phenoxy) is 2. The van der Waals surface area contributed by atoms with Crippen LogP contribution in [0.4, 0.5) is 0 Å². The van der Waals surface area contributed by atoms with Crippen molar-refractivity contribution in [1.29, 1.82) is 0 Å². The molecule has 0 fully saturated rings. The molecule has 0 aliphatic rings. The van der Waals surface area contributed by atoms with Gasteiger partial charge in [-0.05, 0) is 29.8 Å². The van der Waals surface area contributed by atoms with Crippen LogP contribution in [0.1, 0.15) is 11.6 Å². The lowest BCUT2D eigenvalue weighted by molar-refractivity contribution is 0.267. The summed E-state index contributed by atoms with van der Waals surface area (Å²) in [7, 11) is 1.64. The lowest BCUT2D eigenvalue weighted by Gasteiger charge is -2.17. The fraction of sp³-hybridized carbons (Fsp3) is 0.200. The summed E-state index contributed by atoms with van der Waals surface area (Å²) in [4.78, 5) is 0. The molecule has 0 aliphatic carbocycles. The molecule has 1 atom stereocenters. The van der Waals surface area contributed by atoms with Crippen LogP contribution in [-0.4, -0.2) is 13.7 Å². The first kappa shape index (κ1) is 13.4. The van der Waals surface area contributed by atoms with Gasteiger partial charge in [-0.3, -0.25) is 5.84 Å². The first-order chi connectivity index (χ1) is 9.33. The molecule has 4 heteroatoms. The predicted octanol–water partition coefficient (Wildman–Crippen LogP) is 2.28. The summed E-state index contributed by atoms with van der Waals surface area (Å²) in [5.74, 6) is 7.22. The van der Waals surface area contributed by atoms with Gasteiger partial charge in [-0.15, -0.1) is 0 Å². The predicted molar refractivity (Wildman–Crippen MR) is 75.0 cm³/mol. The molecular formula is C15H18N2O2. The molecule has 0 saturated carbocycles. The number of hydrogen-bond donors (Lipinski definition) is 2. The molecular weight excluding hydrogens is 240 g/mol. The third kappa shape index (κ3) is 3.71. The van der Waals surface area contributed by atoms with Gasteiger partial charge < -0.3 is 9.47 Å². The molecule has 0 radical (unpaired) electrons. The highest BCUT2D eigenvalue weighted by Gasteiger charge is 2.11. The third-order valence-corrected chi connectivity index (χ3v) is 2.86. The zero-order valence-corrected chi connectivity index (χ0v) is 10.9. The van der Waals surface area contributed by atoms with E-state index in [0.29, 0.717) is 6.61 Å². The van der Waals surface area contributed by atoms with Crippen LogP contribution in [0.5, 0.6) is 11.5 Å². The minimum atomic E-state index is -0.0877. The Labute approximate surface area is 113 Å². The van der Waals surface area contributed by atoms with Crippen LogP contribution in [0.2, 0.25) is 0 Å². The van der Waals surface area contributed by atoms with Crippen LogP contribution in [0.15, 0.2) is 54.6 Å². The van der Waals surface area contributed by atoms with Crippen molar-refractivity contribution in [2.75, 3.05) is 13.7 Å². The molecule has 0 saturated heterocycles. The average molecular weight is 258 g/mol. The molecule has 0 heterocycles. The SMILES string of the molecule is COc1cccc(C(COc2ccccc2)NN)c1.